The molecule has 3 aromatic rings. The molecule has 0 atom stereocenters. The van der Waals surface area contributed by atoms with E-state index in [4.69, 9.17) is 0 Å². The molecule has 0 aliphatic carbocycles. The molecule has 0 unspecified atom stereocenters. The molecule has 0 saturated carbocycles. The van der Waals surface area contributed by atoms with Crippen LogP contribution >= 0.6 is 0 Å². The second kappa shape index (κ2) is 5.45. The fourth-order valence-electron chi connectivity index (χ4n) is 2.07. The fourth-order valence-corrected chi connectivity index (χ4v) is 2.07. The van der Waals surface area contributed by atoms with Gasteiger partial charge in [0.15, 0.2) is 0 Å². The highest BCUT2D eigenvalue weighted by Crippen LogP contribution is 2.30. The van der Waals surface area contributed by atoms with E-state index in [-0.39, 0.29) is 5.75 Å². The third kappa shape index (κ3) is 2.47. The van der Waals surface area contributed by atoms with Gasteiger partial charge in [-0.05, 0) is 17.7 Å². The Morgan fingerprint density at radius 3 is 2.45 bits per heavy atom. The zero-order valence-electron chi connectivity index (χ0n) is 10.8. The maximum atomic E-state index is 9.92. The van der Waals surface area contributed by atoms with Crippen LogP contribution in [0.4, 0.5) is 0 Å². The molecular weight excluding hydrogens is 248 g/mol. The minimum absolute atomic E-state index is 0.242. The monoisotopic (exact) mass is 262 g/mol. The van der Waals surface area contributed by atoms with Gasteiger partial charge in [-0.2, -0.15) is 5.10 Å². The summed E-state index contributed by atoms with van der Waals surface area (Å²) >= 11 is 0. The smallest absolute Gasteiger partial charge is 0.124 e. The molecule has 2 aromatic carbocycles. The van der Waals surface area contributed by atoms with Crippen LogP contribution in [0.15, 0.2) is 60.8 Å². The quantitative estimate of drug-likeness (QED) is 0.750. The molecular formula is C17H14N2O. The molecule has 0 aliphatic rings. The van der Waals surface area contributed by atoms with E-state index in [9.17, 15) is 5.11 Å². The lowest BCUT2D eigenvalue weighted by Crippen LogP contribution is -1.82. The van der Waals surface area contributed by atoms with Gasteiger partial charge < -0.3 is 5.11 Å². The van der Waals surface area contributed by atoms with Gasteiger partial charge in [0.25, 0.3) is 0 Å². The molecule has 0 radical (unpaired) electrons. The van der Waals surface area contributed by atoms with E-state index in [2.05, 4.69) is 10.2 Å². The lowest BCUT2D eigenvalue weighted by atomic mass is 10.1. The molecule has 0 fully saturated rings. The van der Waals surface area contributed by atoms with Crippen molar-refractivity contribution in [2.24, 2.45) is 0 Å². The summed E-state index contributed by atoms with van der Waals surface area (Å²) in [5.74, 6) is 0.242. The zero-order valence-corrected chi connectivity index (χ0v) is 10.8. The molecule has 0 bridgehead atoms. The van der Waals surface area contributed by atoms with Gasteiger partial charge in [0.2, 0.25) is 0 Å². The Hall–Kier alpha value is -2.81. The normalized spacial score (nSPS) is 11.0. The van der Waals surface area contributed by atoms with Crippen molar-refractivity contribution < 1.29 is 5.11 Å². The molecule has 98 valence electrons. The number of aromatic amines is 1. The van der Waals surface area contributed by atoms with E-state index < -0.39 is 0 Å². The van der Waals surface area contributed by atoms with Crippen LogP contribution < -0.4 is 0 Å². The molecule has 2 N–H and O–H groups in total. The molecule has 0 aliphatic heterocycles. The summed E-state index contributed by atoms with van der Waals surface area (Å²) in [5.41, 5.74) is 3.63. The highest BCUT2D eigenvalue weighted by Gasteiger charge is 2.08. The van der Waals surface area contributed by atoms with Crippen molar-refractivity contribution >= 4 is 12.2 Å². The van der Waals surface area contributed by atoms with Crippen molar-refractivity contribution in [3.63, 3.8) is 0 Å². The average molecular weight is 262 g/mol. The van der Waals surface area contributed by atoms with Crippen molar-refractivity contribution in [3.05, 3.63) is 71.9 Å². The van der Waals surface area contributed by atoms with Crippen LogP contribution in [0.3, 0.4) is 0 Å². The summed E-state index contributed by atoms with van der Waals surface area (Å²) in [6.07, 6.45) is 5.76. The number of aromatic hydroxyl groups is 1. The molecule has 20 heavy (non-hydrogen) atoms. The van der Waals surface area contributed by atoms with E-state index in [0.717, 1.165) is 22.4 Å². The van der Waals surface area contributed by atoms with Crippen molar-refractivity contribution in [1.29, 1.82) is 0 Å². The number of phenolic OH excluding ortho intramolecular Hbond substituents is 1. The molecule has 0 amide bonds. The van der Waals surface area contributed by atoms with E-state index in [1.807, 2.05) is 54.6 Å². The van der Waals surface area contributed by atoms with Crippen molar-refractivity contribution in [1.82, 2.24) is 10.2 Å². The van der Waals surface area contributed by atoms with Crippen LogP contribution in [0.1, 0.15) is 11.1 Å². The number of phenols is 1. The molecule has 0 saturated heterocycles. The van der Waals surface area contributed by atoms with Gasteiger partial charge in [-0.3, -0.25) is 5.10 Å². The van der Waals surface area contributed by atoms with E-state index >= 15 is 0 Å². The number of rotatable bonds is 3. The first-order valence-electron chi connectivity index (χ1n) is 6.39. The number of benzene rings is 2. The van der Waals surface area contributed by atoms with E-state index in [1.165, 1.54) is 0 Å². The molecule has 3 heteroatoms. The first-order valence-corrected chi connectivity index (χ1v) is 6.39. The minimum atomic E-state index is 0.242. The number of hydrogen-bond acceptors (Lipinski definition) is 2. The molecule has 3 nitrogen and oxygen atoms in total. The van der Waals surface area contributed by atoms with E-state index in [1.54, 1.807) is 18.3 Å². The Labute approximate surface area is 117 Å². The van der Waals surface area contributed by atoms with Gasteiger partial charge in [-0.1, -0.05) is 54.6 Å². The Morgan fingerprint density at radius 1 is 0.900 bits per heavy atom. The Balaban J connectivity index is 1.96. The zero-order chi connectivity index (χ0) is 13.8. The highest BCUT2D eigenvalue weighted by molar-refractivity contribution is 5.80. The maximum absolute atomic E-state index is 9.92. The van der Waals surface area contributed by atoms with Crippen LogP contribution in [-0.2, 0) is 0 Å². The predicted octanol–water partition coefficient (Wildman–Crippen LogP) is 3.95. The van der Waals surface area contributed by atoms with Crippen molar-refractivity contribution in [2.45, 2.75) is 0 Å². The molecule has 1 aromatic heterocycles. The van der Waals surface area contributed by atoms with Crippen LogP contribution in [0.2, 0.25) is 0 Å². The summed E-state index contributed by atoms with van der Waals surface area (Å²) < 4.78 is 0. The number of hydrogen-bond donors (Lipinski definition) is 2. The molecule has 3 rings (SSSR count). The molecule has 0 spiro atoms. The summed E-state index contributed by atoms with van der Waals surface area (Å²) in [6, 6.07) is 17.3. The van der Waals surface area contributed by atoms with Gasteiger partial charge in [-0.15, -0.1) is 0 Å². The number of nitrogens with zero attached hydrogens (tertiary/aromatic N) is 1. The lowest BCUT2D eigenvalue weighted by Gasteiger charge is -2.02. The fraction of sp³-hybridized carbons (Fsp3) is 0. The van der Waals surface area contributed by atoms with Crippen LogP contribution in [0.5, 0.6) is 5.75 Å². The first-order chi connectivity index (χ1) is 9.84. The predicted molar refractivity (Wildman–Crippen MR) is 81.1 cm³/mol. The lowest BCUT2D eigenvalue weighted by molar-refractivity contribution is 0.477. The minimum Gasteiger partial charge on any atom is -0.507 e. The Bertz CT molecular complexity index is 730. The van der Waals surface area contributed by atoms with E-state index in [0.29, 0.717) is 0 Å². The van der Waals surface area contributed by atoms with Gasteiger partial charge in [0.05, 0.1) is 11.9 Å². The third-order valence-corrected chi connectivity index (χ3v) is 3.10. The van der Waals surface area contributed by atoms with Crippen LogP contribution in [0.25, 0.3) is 23.4 Å². The second-order valence-corrected chi connectivity index (χ2v) is 4.46. The summed E-state index contributed by atoms with van der Waals surface area (Å²) in [6.45, 7) is 0. The standard InChI is InChI=1S/C17H14N2O/c20-16-9-5-4-8-15(16)17-14(12-18-19-17)11-10-13-6-2-1-3-7-13/h1-12,20H,(H,18,19)/b11-10+. The number of para-hydroxylation sites is 1. The topological polar surface area (TPSA) is 48.9 Å². The third-order valence-electron chi connectivity index (χ3n) is 3.10. The Kier molecular flexibility index (Phi) is 3.33. The average Bonchev–Trinajstić information content (AvgIpc) is 2.95. The van der Waals surface area contributed by atoms with Crippen LogP contribution in [-0.4, -0.2) is 15.3 Å². The number of nitrogens with one attached hydrogen (secondary N) is 1. The van der Waals surface area contributed by atoms with Crippen LogP contribution in [0, 0.1) is 0 Å². The SMILES string of the molecule is Oc1ccccc1-c1[nH]ncc1/C=C/c1ccccc1. The van der Waals surface area contributed by atoms with Crippen molar-refractivity contribution in [3.8, 4) is 17.0 Å². The largest absolute Gasteiger partial charge is 0.507 e. The van der Waals surface area contributed by atoms with Gasteiger partial charge in [0, 0.05) is 11.1 Å². The summed E-state index contributed by atoms with van der Waals surface area (Å²) in [5, 5.41) is 16.9. The first kappa shape index (κ1) is 12.2. The highest BCUT2D eigenvalue weighted by atomic mass is 16.3. The Morgan fingerprint density at radius 2 is 1.65 bits per heavy atom. The molecule has 1 heterocycles. The maximum Gasteiger partial charge on any atom is 0.124 e. The second-order valence-electron chi connectivity index (χ2n) is 4.46. The number of H-pyrrole nitrogens is 1. The summed E-state index contributed by atoms with van der Waals surface area (Å²) in [7, 11) is 0. The van der Waals surface area contributed by atoms with Gasteiger partial charge in [-0.25, -0.2) is 0 Å². The number of aromatic nitrogens is 2. The van der Waals surface area contributed by atoms with Crippen molar-refractivity contribution in [2.75, 3.05) is 0 Å². The van der Waals surface area contributed by atoms with Gasteiger partial charge >= 0.3 is 0 Å². The summed E-state index contributed by atoms with van der Waals surface area (Å²) in [4.78, 5) is 0. The van der Waals surface area contributed by atoms with Gasteiger partial charge in [0.1, 0.15) is 5.75 Å².